The van der Waals surface area contributed by atoms with Gasteiger partial charge in [-0.05, 0) is 42.9 Å². The van der Waals surface area contributed by atoms with Crippen molar-refractivity contribution in [2.75, 3.05) is 0 Å². The fraction of sp³-hybridized carbons (Fsp3) is 0.571. The molecule has 0 saturated heterocycles. The van der Waals surface area contributed by atoms with Crippen LogP contribution in [0, 0.1) is 5.92 Å². The SMILES string of the molecule is CCC1CCC(O)(Cc2cccc(O)c2)C1. The highest BCUT2D eigenvalue weighted by atomic mass is 16.3. The summed E-state index contributed by atoms with van der Waals surface area (Å²) in [5.41, 5.74) is 0.480. The molecule has 0 bridgehead atoms. The molecule has 2 heteroatoms. The Kier molecular flexibility index (Phi) is 3.20. The predicted octanol–water partition coefficient (Wildman–Crippen LogP) is 2.88. The summed E-state index contributed by atoms with van der Waals surface area (Å²) in [6.45, 7) is 2.19. The molecule has 2 rings (SSSR count). The van der Waals surface area contributed by atoms with Gasteiger partial charge in [0, 0.05) is 6.42 Å². The lowest BCUT2D eigenvalue weighted by atomic mass is 9.91. The average molecular weight is 220 g/mol. The van der Waals surface area contributed by atoms with E-state index in [4.69, 9.17) is 0 Å². The molecule has 2 nitrogen and oxygen atoms in total. The lowest BCUT2D eigenvalue weighted by molar-refractivity contribution is 0.0436. The maximum Gasteiger partial charge on any atom is 0.115 e. The number of aliphatic hydroxyl groups is 1. The van der Waals surface area contributed by atoms with Crippen molar-refractivity contribution >= 4 is 0 Å². The summed E-state index contributed by atoms with van der Waals surface area (Å²) in [5, 5.41) is 19.8. The molecular weight excluding hydrogens is 200 g/mol. The van der Waals surface area contributed by atoms with Crippen LogP contribution in [0.15, 0.2) is 24.3 Å². The molecular formula is C14H20O2. The highest BCUT2D eigenvalue weighted by molar-refractivity contribution is 5.28. The fourth-order valence-electron chi connectivity index (χ4n) is 2.77. The van der Waals surface area contributed by atoms with E-state index in [0.717, 1.165) is 31.2 Å². The van der Waals surface area contributed by atoms with Crippen molar-refractivity contribution in [3.05, 3.63) is 29.8 Å². The molecule has 0 radical (unpaired) electrons. The summed E-state index contributed by atoms with van der Waals surface area (Å²) in [6, 6.07) is 7.21. The van der Waals surface area contributed by atoms with E-state index < -0.39 is 5.60 Å². The summed E-state index contributed by atoms with van der Waals surface area (Å²) in [5.74, 6) is 0.952. The minimum absolute atomic E-state index is 0.283. The Bertz CT molecular complexity index is 362. The molecule has 1 saturated carbocycles. The van der Waals surface area contributed by atoms with Crippen LogP contribution >= 0.6 is 0 Å². The van der Waals surface area contributed by atoms with Crippen LogP contribution in [0.1, 0.15) is 38.2 Å². The minimum Gasteiger partial charge on any atom is -0.508 e. The van der Waals surface area contributed by atoms with Gasteiger partial charge in [-0.1, -0.05) is 25.5 Å². The molecule has 2 N–H and O–H groups in total. The lowest BCUT2D eigenvalue weighted by Crippen LogP contribution is -2.27. The third kappa shape index (κ3) is 2.56. The van der Waals surface area contributed by atoms with Crippen LogP contribution in [0.2, 0.25) is 0 Å². The van der Waals surface area contributed by atoms with Gasteiger partial charge in [0.1, 0.15) is 5.75 Å². The van der Waals surface area contributed by atoms with Crippen molar-refractivity contribution in [1.82, 2.24) is 0 Å². The van der Waals surface area contributed by atoms with Crippen molar-refractivity contribution in [3.8, 4) is 5.75 Å². The predicted molar refractivity (Wildman–Crippen MR) is 64.4 cm³/mol. The zero-order valence-electron chi connectivity index (χ0n) is 9.82. The molecule has 0 amide bonds. The number of phenols is 1. The summed E-state index contributed by atoms with van der Waals surface area (Å²) < 4.78 is 0. The van der Waals surface area contributed by atoms with Gasteiger partial charge in [-0.15, -0.1) is 0 Å². The quantitative estimate of drug-likeness (QED) is 0.822. The Hall–Kier alpha value is -1.02. The van der Waals surface area contributed by atoms with Gasteiger partial charge in [-0.2, -0.15) is 0 Å². The smallest absolute Gasteiger partial charge is 0.115 e. The van der Waals surface area contributed by atoms with E-state index in [9.17, 15) is 10.2 Å². The molecule has 1 fully saturated rings. The number of phenolic OH excluding ortho intramolecular Hbond substituents is 1. The molecule has 1 aliphatic carbocycles. The number of rotatable bonds is 3. The maximum atomic E-state index is 10.5. The summed E-state index contributed by atoms with van der Waals surface area (Å²) in [7, 11) is 0. The van der Waals surface area contributed by atoms with Crippen LogP contribution in [0.3, 0.4) is 0 Å². The Morgan fingerprint density at radius 1 is 1.44 bits per heavy atom. The second-order valence-corrected chi connectivity index (χ2v) is 5.09. The van der Waals surface area contributed by atoms with Gasteiger partial charge in [-0.25, -0.2) is 0 Å². The van der Waals surface area contributed by atoms with E-state index in [1.807, 2.05) is 12.1 Å². The van der Waals surface area contributed by atoms with Crippen molar-refractivity contribution in [2.24, 2.45) is 5.92 Å². The fourth-order valence-corrected chi connectivity index (χ4v) is 2.77. The van der Waals surface area contributed by atoms with Gasteiger partial charge in [-0.3, -0.25) is 0 Å². The minimum atomic E-state index is -0.547. The first kappa shape index (κ1) is 11.5. The van der Waals surface area contributed by atoms with Crippen LogP contribution in [0.5, 0.6) is 5.75 Å². The van der Waals surface area contributed by atoms with Crippen LogP contribution < -0.4 is 0 Å². The molecule has 0 heterocycles. The van der Waals surface area contributed by atoms with Gasteiger partial charge in [0.25, 0.3) is 0 Å². The van der Waals surface area contributed by atoms with E-state index in [2.05, 4.69) is 6.92 Å². The first-order valence-electron chi connectivity index (χ1n) is 6.11. The van der Waals surface area contributed by atoms with Crippen LogP contribution in [0.4, 0.5) is 0 Å². The monoisotopic (exact) mass is 220 g/mol. The molecule has 2 atom stereocenters. The van der Waals surface area contributed by atoms with E-state index in [1.165, 1.54) is 0 Å². The summed E-state index contributed by atoms with van der Waals surface area (Å²) in [4.78, 5) is 0. The normalized spacial score (nSPS) is 29.5. The molecule has 0 spiro atoms. The van der Waals surface area contributed by atoms with Gasteiger partial charge in [0.2, 0.25) is 0 Å². The van der Waals surface area contributed by atoms with Gasteiger partial charge >= 0.3 is 0 Å². The largest absolute Gasteiger partial charge is 0.508 e. The zero-order valence-corrected chi connectivity index (χ0v) is 9.82. The van der Waals surface area contributed by atoms with Crippen molar-refractivity contribution < 1.29 is 10.2 Å². The zero-order chi connectivity index (χ0) is 11.6. The first-order valence-corrected chi connectivity index (χ1v) is 6.11. The Balaban J connectivity index is 2.04. The second kappa shape index (κ2) is 4.46. The number of hydrogen-bond acceptors (Lipinski definition) is 2. The third-order valence-electron chi connectivity index (χ3n) is 3.71. The second-order valence-electron chi connectivity index (χ2n) is 5.09. The molecule has 88 valence electrons. The van der Waals surface area contributed by atoms with Gasteiger partial charge in [0.05, 0.1) is 5.60 Å². The Morgan fingerprint density at radius 2 is 2.25 bits per heavy atom. The molecule has 1 aromatic carbocycles. The van der Waals surface area contributed by atoms with Crippen LogP contribution in [-0.4, -0.2) is 15.8 Å². The van der Waals surface area contributed by atoms with Crippen LogP contribution in [0.25, 0.3) is 0 Å². The van der Waals surface area contributed by atoms with Crippen molar-refractivity contribution in [3.63, 3.8) is 0 Å². The summed E-state index contributed by atoms with van der Waals surface area (Å²) in [6.07, 6.45) is 4.74. The van der Waals surface area contributed by atoms with E-state index >= 15 is 0 Å². The number of benzene rings is 1. The highest BCUT2D eigenvalue weighted by Gasteiger charge is 2.36. The van der Waals surface area contributed by atoms with E-state index in [0.29, 0.717) is 12.3 Å². The third-order valence-corrected chi connectivity index (χ3v) is 3.71. The number of hydrogen-bond donors (Lipinski definition) is 2. The lowest BCUT2D eigenvalue weighted by Gasteiger charge is -2.23. The molecule has 0 aromatic heterocycles. The van der Waals surface area contributed by atoms with Gasteiger partial charge in [0.15, 0.2) is 0 Å². The number of aromatic hydroxyl groups is 1. The molecule has 1 aliphatic rings. The summed E-state index contributed by atoms with van der Waals surface area (Å²) >= 11 is 0. The highest BCUT2D eigenvalue weighted by Crippen LogP contribution is 2.38. The molecule has 2 unspecified atom stereocenters. The van der Waals surface area contributed by atoms with Gasteiger partial charge < -0.3 is 10.2 Å². The standard InChI is InChI=1S/C14H20O2/c1-2-11-6-7-14(16,9-11)10-12-4-3-5-13(15)8-12/h3-5,8,11,15-16H,2,6-7,9-10H2,1H3. The topological polar surface area (TPSA) is 40.5 Å². The van der Waals surface area contributed by atoms with Crippen LogP contribution in [-0.2, 0) is 6.42 Å². The molecule has 0 aliphatic heterocycles. The Labute approximate surface area is 96.9 Å². The molecule has 16 heavy (non-hydrogen) atoms. The van der Waals surface area contributed by atoms with E-state index in [1.54, 1.807) is 12.1 Å². The molecule has 1 aromatic rings. The average Bonchev–Trinajstić information content (AvgIpc) is 2.60. The van der Waals surface area contributed by atoms with Crippen molar-refractivity contribution in [2.45, 2.75) is 44.6 Å². The Morgan fingerprint density at radius 3 is 2.88 bits per heavy atom. The maximum absolute atomic E-state index is 10.5. The first-order chi connectivity index (χ1) is 7.61. The van der Waals surface area contributed by atoms with Crippen molar-refractivity contribution in [1.29, 1.82) is 0 Å². The van der Waals surface area contributed by atoms with E-state index in [-0.39, 0.29) is 5.75 Å².